The molecule has 0 fully saturated rings. The molecule has 2 rings (SSSR count). The van der Waals surface area contributed by atoms with Gasteiger partial charge < -0.3 is 10.1 Å². The number of carbonyl (C=O) groups excluding carboxylic acids is 3. The maximum Gasteiger partial charge on any atom is 0.341 e. The predicted octanol–water partition coefficient (Wildman–Crippen LogP) is 5.39. The largest absolute Gasteiger partial charge is 0.462 e. The Morgan fingerprint density at radius 3 is 2.28 bits per heavy atom. The van der Waals surface area contributed by atoms with Gasteiger partial charge in [-0.2, -0.15) is 0 Å². The number of hydrogen-bond donors (Lipinski definition) is 1. The summed E-state index contributed by atoms with van der Waals surface area (Å²) >= 11 is 1.09. The SMILES string of the molecule is CCOC(=O)c1c(NC(=O)/C=C/c2ccc(C(C)(C)C)cc2)sc(C(C)=O)c1C. The van der Waals surface area contributed by atoms with Gasteiger partial charge in [-0.1, -0.05) is 45.0 Å². The van der Waals surface area contributed by atoms with Crippen LogP contribution in [0, 0.1) is 6.92 Å². The van der Waals surface area contributed by atoms with Crippen LogP contribution in [0.15, 0.2) is 30.3 Å². The number of thiophene rings is 1. The molecule has 0 saturated carbocycles. The van der Waals surface area contributed by atoms with E-state index in [0.717, 1.165) is 16.9 Å². The van der Waals surface area contributed by atoms with Gasteiger partial charge in [-0.05, 0) is 49.0 Å². The van der Waals surface area contributed by atoms with Crippen molar-refractivity contribution in [2.75, 3.05) is 11.9 Å². The van der Waals surface area contributed by atoms with Crippen molar-refractivity contribution in [3.63, 3.8) is 0 Å². The smallest absolute Gasteiger partial charge is 0.341 e. The average Bonchev–Trinajstić information content (AvgIpc) is 2.96. The molecule has 0 aliphatic carbocycles. The molecule has 154 valence electrons. The minimum atomic E-state index is -0.550. The Labute approximate surface area is 175 Å². The van der Waals surface area contributed by atoms with Crippen molar-refractivity contribution in [2.45, 2.75) is 47.0 Å². The van der Waals surface area contributed by atoms with Crippen LogP contribution in [0.25, 0.3) is 6.08 Å². The average molecular weight is 414 g/mol. The van der Waals surface area contributed by atoms with Gasteiger partial charge in [0.2, 0.25) is 5.91 Å². The standard InChI is InChI=1S/C23H27NO4S/c1-7-28-22(27)19-14(2)20(15(3)25)29-21(19)24-18(26)13-10-16-8-11-17(12-9-16)23(4,5)6/h8-13H,7H2,1-6H3,(H,24,26)/b13-10+. The summed E-state index contributed by atoms with van der Waals surface area (Å²) in [5, 5.41) is 3.03. The number of rotatable bonds is 6. The number of carbonyl (C=O) groups is 3. The number of amides is 1. The lowest BCUT2D eigenvalue weighted by Crippen LogP contribution is -2.12. The van der Waals surface area contributed by atoms with E-state index in [-0.39, 0.29) is 29.3 Å². The van der Waals surface area contributed by atoms with Crippen LogP contribution in [0.2, 0.25) is 0 Å². The van der Waals surface area contributed by atoms with Crippen LogP contribution in [0.1, 0.15) is 71.3 Å². The number of Topliss-reactive ketones (excluding diaryl/α,β-unsaturated/α-hetero) is 1. The van der Waals surface area contributed by atoms with Crippen molar-refractivity contribution in [1.29, 1.82) is 0 Å². The monoisotopic (exact) mass is 413 g/mol. The van der Waals surface area contributed by atoms with Crippen molar-refractivity contribution < 1.29 is 19.1 Å². The highest BCUT2D eigenvalue weighted by Crippen LogP contribution is 2.34. The van der Waals surface area contributed by atoms with Crippen molar-refractivity contribution in [1.82, 2.24) is 0 Å². The van der Waals surface area contributed by atoms with Crippen LogP contribution in [0.5, 0.6) is 0 Å². The number of hydrogen-bond acceptors (Lipinski definition) is 5. The Balaban J connectivity index is 2.21. The lowest BCUT2D eigenvalue weighted by atomic mass is 9.87. The second-order valence-corrected chi connectivity index (χ2v) is 8.75. The molecule has 2 aromatic rings. The maximum atomic E-state index is 12.4. The third-order valence-electron chi connectivity index (χ3n) is 4.39. The highest BCUT2D eigenvalue weighted by atomic mass is 32.1. The highest BCUT2D eigenvalue weighted by Gasteiger charge is 2.24. The first-order valence-electron chi connectivity index (χ1n) is 9.45. The van der Waals surface area contributed by atoms with Crippen LogP contribution < -0.4 is 5.32 Å². The molecule has 0 spiro atoms. The third-order valence-corrected chi connectivity index (χ3v) is 5.69. The van der Waals surface area contributed by atoms with Crippen LogP contribution in [-0.2, 0) is 14.9 Å². The van der Waals surface area contributed by atoms with E-state index >= 15 is 0 Å². The van der Waals surface area contributed by atoms with Crippen LogP contribution >= 0.6 is 11.3 Å². The van der Waals surface area contributed by atoms with Gasteiger partial charge in [0.05, 0.1) is 17.0 Å². The molecular weight excluding hydrogens is 386 g/mol. The van der Waals surface area contributed by atoms with Gasteiger partial charge >= 0.3 is 5.97 Å². The fourth-order valence-electron chi connectivity index (χ4n) is 2.81. The zero-order chi connectivity index (χ0) is 21.8. The number of esters is 1. The molecule has 0 aliphatic heterocycles. The zero-order valence-corrected chi connectivity index (χ0v) is 18.5. The summed E-state index contributed by atoms with van der Waals surface area (Å²) in [5.41, 5.74) is 2.93. The Morgan fingerprint density at radius 2 is 1.76 bits per heavy atom. The van der Waals surface area contributed by atoms with Gasteiger partial charge in [-0.15, -0.1) is 11.3 Å². The van der Waals surface area contributed by atoms with Gasteiger partial charge in [0.25, 0.3) is 0 Å². The van der Waals surface area contributed by atoms with E-state index in [9.17, 15) is 14.4 Å². The Morgan fingerprint density at radius 1 is 1.14 bits per heavy atom. The molecule has 1 N–H and O–H groups in total. The van der Waals surface area contributed by atoms with Crippen LogP contribution in [-0.4, -0.2) is 24.3 Å². The third kappa shape index (κ3) is 5.64. The highest BCUT2D eigenvalue weighted by molar-refractivity contribution is 7.18. The normalized spacial score (nSPS) is 11.5. The minimum Gasteiger partial charge on any atom is -0.462 e. The van der Waals surface area contributed by atoms with Crippen LogP contribution in [0.4, 0.5) is 5.00 Å². The Hall–Kier alpha value is -2.73. The van der Waals surface area contributed by atoms with E-state index in [1.54, 1.807) is 19.9 Å². The van der Waals surface area contributed by atoms with Crippen molar-refractivity contribution in [3.05, 3.63) is 57.5 Å². The van der Waals surface area contributed by atoms with E-state index < -0.39 is 5.97 Å². The molecule has 0 radical (unpaired) electrons. The first-order valence-corrected chi connectivity index (χ1v) is 10.3. The molecule has 5 nitrogen and oxygen atoms in total. The molecule has 1 aromatic carbocycles. The molecule has 0 unspecified atom stereocenters. The molecule has 0 aliphatic rings. The first-order chi connectivity index (χ1) is 13.5. The molecule has 0 atom stereocenters. The lowest BCUT2D eigenvalue weighted by Gasteiger charge is -2.18. The summed E-state index contributed by atoms with van der Waals surface area (Å²) < 4.78 is 5.08. The van der Waals surface area contributed by atoms with Crippen molar-refractivity contribution in [3.8, 4) is 0 Å². The summed E-state index contributed by atoms with van der Waals surface area (Å²) in [7, 11) is 0. The maximum absolute atomic E-state index is 12.4. The molecule has 0 saturated heterocycles. The van der Waals surface area contributed by atoms with E-state index in [0.29, 0.717) is 15.4 Å². The second kappa shape index (κ2) is 9.18. The molecule has 0 bridgehead atoms. The summed E-state index contributed by atoms with van der Waals surface area (Å²) in [6.07, 6.45) is 3.11. The summed E-state index contributed by atoms with van der Waals surface area (Å²) in [6.45, 7) is 11.5. The Kier molecular flexibility index (Phi) is 7.14. The van der Waals surface area contributed by atoms with Gasteiger partial charge in [0.1, 0.15) is 5.00 Å². The number of ketones is 1. The molecule has 1 amide bonds. The van der Waals surface area contributed by atoms with E-state index in [4.69, 9.17) is 4.74 Å². The molecule has 6 heteroatoms. The molecule has 1 aromatic heterocycles. The summed E-state index contributed by atoms with van der Waals surface area (Å²) in [4.78, 5) is 37.0. The van der Waals surface area contributed by atoms with E-state index in [1.165, 1.54) is 18.6 Å². The fourth-order valence-corrected chi connectivity index (χ4v) is 3.90. The lowest BCUT2D eigenvalue weighted by molar-refractivity contribution is -0.111. The van der Waals surface area contributed by atoms with Crippen molar-refractivity contribution in [2.24, 2.45) is 0 Å². The van der Waals surface area contributed by atoms with Crippen molar-refractivity contribution >= 4 is 40.1 Å². The number of ether oxygens (including phenoxy) is 1. The first kappa shape index (κ1) is 22.6. The van der Waals surface area contributed by atoms with Gasteiger partial charge in [0.15, 0.2) is 5.78 Å². The molecule has 29 heavy (non-hydrogen) atoms. The number of nitrogens with one attached hydrogen (secondary N) is 1. The zero-order valence-electron chi connectivity index (χ0n) is 17.7. The topological polar surface area (TPSA) is 72.5 Å². The summed E-state index contributed by atoms with van der Waals surface area (Å²) in [6, 6.07) is 7.99. The molecular formula is C23H27NO4S. The van der Waals surface area contributed by atoms with Gasteiger partial charge in [-0.3, -0.25) is 9.59 Å². The fraction of sp³-hybridized carbons (Fsp3) is 0.348. The van der Waals surface area contributed by atoms with E-state index in [2.05, 4.69) is 26.1 Å². The number of benzene rings is 1. The molecule has 1 heterocycles. The predicted molar refractivity (Wildman–Crippen MR) is 118 cm³/mol. The quantitative estimate of drug-likeness (QED) is 0.392. The number of anilines is 1. The Bertz CT molecular complexity index is 946. The van der Waals surface area contributed by atoms with Crippen LogP contribution in [0.3, 0.4) is 0 Å². The minimum absolute atomic E-state index is 0.0641. The summed E-state index contributed by atoms with van der Waals surface area (Å²) in [5.74, 6) is -1.09. The second-order valence-electron chi connectivity index (χ2n) is 7.73. The van der Waals surface area contributed by atoms with Gasteiger partial charge in [0, 0.05) is 6.08 Å². The van der Waals surface area contributed by atoms with Gasteiger partial charge in [-0.25, -0.2) is 4.79 Å². The van der Waals surface area contributed by atoms with E-state index in [1.807, 2.05) is 24.3 Å².